The molecule has 3 nitrogen and oxygen atoms in total. The number of phenolic OH excluding ortho intramolecular Hbond substituents is 1. The van der Waals surface area contributed by atoms with Crippen LogP contribution in [0.4, 0.5) is 0 Å². The molecule has 3 rings (SSSR count). The molecule has 1 atom stereocenters. The summed E-state index contributed by atoms with van der Waals surface area (Å²) in [7, 11) is 0. The number of nitrogens with zero attached hydrogens (tertiary/aromatic N) is 1. The van der Waals surface area contributed by atoms with Crippen LogP contribution < -0.4 is 5.43 Å². The zero-order valence-corrected chi connectivity index (χ0v) is 10.8. The first-order valence-corrected chi connectivity index (χ1v) is 6.41. The van der Waals surface area contributed by atoms with Crippen LogP contribution in [0.1, 0.15) is 29.2 Å². The zero-order valence-electron chi connectivity index (χ0n) is 10.8. The lowest BCUT2D eigenvalue weighted by Gasteiger charge is -2.11. The van der Waals surface area contributed by atoms with Crippen molar-refractivity contribution in [2.24, 2.45) is 5.10 Å². The third-order valence-corrected chi connectivity index (χ3v) is 3.45. The number of hydrogen-bond donors (Lipinski definition) is 2. The highest BCUT2D eigenvalue weighted by Gasteiger charge is 2.22. The summed E-state index contributed by atoms with van der Waals surface area (Å²) in [6.07, 6.45) is 0.792. The second-order valence-electron chi connectivity index (χ2n) is 4.87. The molecule has 1 aliphatic rings. The fourth-order valence-electron chi connectivity index (χ4n) is 2.33. The van der Waals surface area contributed by atoms with Gasteiger partial charge in [-0.1, -0.05) is 48.0 Å². The molecule has 0 spiro atoms. The lowest BCUT2D eigenvalue weighted by Crippen LogP contribution is -2.10. The summed E-state index contributed by atoms with van der Waals surface area (Å²) >= 11 is 0. The first-order chi connectivity index (χ1) is 9.24. The average molecular weight is 252 g/mol. The van der Waals surface area contributed by atoms with E-state index in [1.165, 1.54) is 5.56 Å². The van der Waals surface area contributed by atoms with Crippen LogP contribution in [0.3, 0.4) is 0 Å². The van der Waals surface area contributed by atoms with Crippen LogP contribution in [0.5, 0.6) is 5.75 Å². The molecule has 2 aromatic carbocycles. The number of benzene rings is 2. The van der Waals surface area contributed by atoms with E-state index in [2.05, 4.69) is 41.7 Å². The fraction of sp³-hybridized carbons (Fsp3) is 0.188. The van der Waals surface area contributed by atoms with E-state index in [9.17, 15) is 5.11 Å². The van der Waals surface area contributed by atoms with Gasteiger partial charge in [0.15, 0.2) is 0 Å². The van der Waals surface area contributed by atoms with Gasteiger partial charge in [0, 0.05) is 12.0 Å². The molecule has 0 saturated carbocycles. The SMILES string of the molecule is Cc1ccc(C2=NN[C@H](c3ccccc3O)C2)cc1. The highest BCUT2D eigenvalue weighted by Crippen LogP contribution is 2.30. The number of nitrogens with one attached hydrogen (secondary N) is 1. The Morgan fingerprint density at radius 3 is 2.58 bits per heavy atom. The number of aryl methyl sites for hydroxylation is 1. The Kier molecular flexibility index (Phi) is 2.95. The minimum Gasteiger partial charge on any atom is -0.508 e. The summed E-state index contributed by atoms with van der Waals surface area (Å²) in [5, 5.41) is 14.3. The summed E-state index contributed by atoms with van der Waals surface area (Å²) in [6, 6.07) is 15.8. The van der Waals surface area contributed by atoms with Crippen molar-refractivity contribution < 1.29 is 5.11 Å². The Balaban J connectivity index is 1.80. The van der Waals surface area contributed by atoms with Gasteiger partial charge >= 0.3 is 0 Å². The lowest BCUT2D eigenvalue weighted by molar-refractivity contribution is 0.455. The van der Waals surface area contributed by atoms with E-state index >= 15 is 0 Å². The summed E-state index contributed by atoms with van der Waals surface area (Å²) < 4.78 is 0. The Morgan fingerprint density at radius 2 is 1.84 bits per heavy atom. The molecule has 0 aromatic heterocycles. The molecule has 0 radical (unpaired) electrons. The quantitative estimate of drug-likeness (QED) is 0.862. The molecule has 0 unspecified atom stereocenters. The molecule has 0 amide bonds. The number of aromatic hydroxyl groups is 1. The van der Waals surface area contributed by atoms with Gasteiger partial charge in [-0.2, -0.15) is 5.10 Å². The van der Waals surface area contributed by atoms with Crippen molar-refractivity contribution in [2.45, 2.75) is 19.4 Å². The zero-order chi connectivity index (χ0) is 13.2. The van der Waals surface area contributed by atoms with Gasteiger partial charge in [0.2, 0.25) is 0 Å². The lowest BCUT2D eigenvalue weighted by atomic mass is 9.98. The van der Waals surface area contributed by atoms with Gasteiger partial charge in [0.25, 0.3) is 0 Å². The Bertz CT molecular complexity index is 617. The van der Waals surface area contributed by atoms with Gasteiger partial charge in [-0.05, 0) is 18.6 Å². The second kappa shape index (κ2) is 4.76. The highest BCUT2D eigenvalue weighted by atomic mass is 16.3. The van der Waals surface area contributed by atoms with E-state index in [0.717, 1.165) is 23.3 Å². The van der Waals surface area contributed by atoms with Crippen LogP contribution in [0.15, 0.2) is 53.6 Å². The molecule has 3 heteroatoms. The van der Waals surface area contributed by atoms with Gasteiger partial charge in [-0.25, -0.2) is 0 Å². The van der Waals surface area contributed by atoms with E-state index in [1.54, 1.807) is 6.07 Å². The van der Waals surface area contributed by atoms with Crippen molar-refractivity contribution in [1.82, 2.24) is 5.43 Å². The van der Waals surface area contributed by atoms with Crippen LogP contribution in [0, 0.1) is 6.92 Å². The molecule has 96 valence electrons. The summed E-state index contributed by atoms with van der Waals surface area (Å²) in [6.45, 7) is 2.07. The molecule has 0 fully saturated rings. The molecule has 19 heavy (non-hydrogen) atoms. The van der Waals surface area contributed by atoms with Crippen molar-refractivity contribution in [3.05, 3.63) is 65.2 Å². The molecule has 0 bridgehead atoms. The summed E-state index contributed by atoms with van der Waals surface area (Å²) in [4.78, 5) is 0. The van der Waals surface area contributed by atoms with Gasteiger partial charge in [0.05, 0.1) is 11.8 Å². The number of hydrazone groups is 1. The molecule has 1 aliphatic heterocycles. The molecule has 2 N–H and O–H groups in total. The maximum atomic E-state index is 9.87. The first-order valence-electron chi connectivity index (χ1n) is 6.41. The van der Waals surface area contributed by atoms with Gasteiger partial charge in [-0.3, -0.25) is 0 Å². The summed E-state index contributed by atoms with van der Waals surface area (Å²) in [5.74, 6) is 0.320. The summed E-state index contributed by atoms with van der Waals surface area (Å²) in [5.41, 5.74) is 7.42. The van der Waals surface area contributed by atoms with Crippen LogP contribution in [-0.4, -0.2) is 10.8 Å². The molecular formula is C16H16N2O. The maximum absolute atomic E-state index is 9.87. The molecule has 0 aliphatic carbocycles. The second-order valence-corrected chi connectivity index (χ2v) is 4.87. The van der Waals surface area contributed by atoms with Crippen LogP contribution in [0.2, 0.25) is 0 Å². The van der Waals surface area contributed by atoms with Crippen molar-refractivity contribution in [2.75, 3.05) is 0 Å². The maximum Gasteiger partial charge on any atom is 0.120 e. The Hall–Kier alpha value is -2.29. The van der Waals surface area contributed by atoms with Crippen LogP contribution >= 0.6 is 0 Å². The third-order valence-electron chi connectivity index (χ3n) is 3.45. The predicted octanol–water partition coefficient (Wildman–Crippen LogP) is 3.14. The van der Waals surface area contributed by atoms with Crippen molar-refractivity contribution in [3.63, 3.8) is 0 Å². The fourth-order valence-corrected chi connectivity index (χ4v) is 2.33. The van der Waals surface area contributed by atoms with Crippen LogP contribution in [-0.2, 0) is 0 Å². The molecule has 1 heterocycles. The van der Waals surface area contributed by atoms with E-state index in [-0.39, 0.29) is 6.04 Å². The number of rotatable bonds is 2. The van der Waals surface area contributed by atoms with Gasteiger partial charge in [-0.15, -0.1) is 0 Å². The number of hydrogen-bond acceptors (Lipinski definition) is 3. The minimum atomic E-state index is 0.0532. The Labute approximate surface area is 112 Å². The largest absolute Gasteiger partial charge is 0.508 e. The average Bonchev–Trinajstić information content (AvgIpc) is 2.89. The minimum absolute atomic E-state index is 0.0532. The van der Waals surface area contributed by atoms with Crippen molar-refractivity contribution in [1.29, 1.82) is 0 Å². The monoisotopic (exact) mass is 252 g/mol. The third kappa shape index (κ3) is 2.32. The smallest absolute Gasteiger partial charge is 0.120 e. The van der Waals surface area contributed by atoms with Crippen LogP contribution in [0.25, 0.3) is 0 Å². The topological polar surface area (TPSA) is 44.6 Å². The highest BCUT2D eigenvalue weighted by molar-refractivity contribution is 6.01. The molecule has 0 saturated heterocycles. The Morgan fingerprint density at radius 1 is 1.11 bits per heavy atom. The standard InChI is InChI=1S/C16H16N2O/c1-11-6-8-12(9-7-11)14-10-15(18-17-14)13-4-2-3-5-16(13)19/h2-9,15,18-19H,10H2,1H3/t15-/m0/s1. The van der Waals surface area contributed by atoms with Crippen molar-refractivity contribution in [3.8, 4) is 5.75 Å². The van der Waals surface area contributed by atoms with Gasteiger partial charge < -0.3 is 10.5 Å². The van der Waals surface area contributed by atoms with E-state index < -0.39 is 0 Å². The van der Waals surface area contributed by atoms with E-state index in [4.69, 9.17) is 0 Å². The van der Waals surface area contributed by atoms with E-state index in [1.807, 2.05) is 18.2 Å². The molecule has 2 aromatic rings. The van der Waals surface area contributed by atoms with Gasteiger partial charge in [0.1, 0.15) is 5.75 Å². The molecular weight excluding hydrogens is 236 g/mol. The van der Waals surface area contributed by atoms with Crippen molar-refractivity contribution >= 4 is 5.71 Å². The van der Waals surface area contributed by atoms with E-state index in [0.29, 0.717) is 5.75 Å². The normalized spacial score (nSPS) is 17.9. The predicted molar refractivity (Wildman–Crippen MR) is 76.3 cm³/mol. The number of para-hydroxylation sites is 1. The number of phenols is 1. The first kappa shape index (κ1) is 11.8.